The molecule has 0 fully saturated rings. The lowest BCUT2D eigenvalue weighted by Gasteiger charge is -2.18. The van der Waals surface area contributed by atoms with Crippen LogP contribution in [0.25, 0.3) is 0 Å². The van der Waals surface area contributed by atoms with E-state index in [4.69, 9.17) is 16.3 Å². The Morgan fingerprint density at radius 1 is 1.31 bits per heavy atom. The topological polar surface area (TPSA) is 22.1 Å². The van der Waals surface area contributed by atoms with Gasteiger partial charge in [0.2, 0.25) is 5.88 Å². The van der Waals surface area contributed by atoms with E-state index in [1.807, 2.05) is 19.1 Å². The molecule has 0 aliphatic heterocycles. The normalized spacial score (nSPS) is 11.6. The largest absolute Gasteiger partial charge is 0.478 e. The molecule has 90 valence electrons. The van der Waals surface area contributed by atoms with Gasteiger partial charge in [-0.1, -0.05) is 20.8 Å². The molecule has 0 saturated carbocycles. The van der Waals surface area contributed by atoms with Gasteiger partial charge in [-0.3, -0.25) is 0 Å². The van der Waals surface area contributed by atoms with Gasteiger partial charge in [0.25, 0.3) is 0 Å². The van der Waals surface area contributed by atoms with Gasteiger partial charge in [-0.05, 0) is 30.4 Å². The van der Waals surface area contributed by atoms with E-state index in [1.165, 1.54) is 0 Å². The fourth-order valence-electron chi connectivity index (χ4n) is 1.32. The molecule has 0 radical (unpaired) electrons. The predicted octanol–water partition coefficient (Wildman–Crippen LogP) is 3.94. The molecule has 1 aromatic heterocycles. The van der Waals surface area contributed by atoms with Gasteiger partial charge < -0.3 is 4.74 Å². The number of hydrogen-bond donors (Lipinski definition) is 0. The van der Waals surface area contributed by atoms with E-state index >= 15 is 0 Å². The Kier molecular flexibility index (Phi) is 4.60. The Morgan fingerprint density at radius 3 is 2.56 bits per heavy atom. The van der Waals surface area contributed by atoms with Crippen molar-refractivity contribution in [1.29, 1.82) is 0 Å². The summed E-state index contributed by atoms with van der Waals surface area (Å²) >= 11 is 5.79. The molecule has 0 aliphatic carbocycles. The lowest BCUT2D eigenvalue weighted by atomic mass is 9.93. The van der Waals surface area contributed by atoms with Crippen LogP contribution < -0.4 is 4.74 Å². The van der Waals surface area contributed by atoms with E-state index in [9.17, 15) is 0 Å². The second kappa shape index (κ2) is 5.53. The van der Waals surface area contributed by atoms with Crippen LogP contribution in [-0.4, -0.2) is 11.6 Å². The van der Waals surface area contributed by atoms with Crippen molar-refractivity contribution >= 4 is 11.6 Å². The SMILES string of the molecule is Cc1cc(CCl)cc(OCCC(C)(C)C)n1. The summed E-state index contributed by atoms with van der Waals surface area (Å²) in [7, 11) is 0. The molecule has 0 saturated heterocycles. The van der Waals surface area contributed by atoms with Gasteiger partial charge in [0.05, 0.1) is 6.61 Å². The maximum Gasteiger partial charge on any atom is 0.213 e. The maximum absolute atomic E-state index is 5.79. The molecule has 0 bridgehead atoms. The third-order valence-electron chi connectivity index (χ3n) is 2.25. The fourth-order valence-corrected chi connectivity index (χ4v) is 1.47. The Balaban J connectivity index is 2.57. The van der Waals surface area contributed by atoms with Crippen LogP contribution in [0.15, 0.2) is 12.1 Å². The number of aromatic nitrogens is 1. The molecule has 0 unspecified atom stereocenters. The first-order valence-electron chi connectivity index (χ1n) is 5.57. The van der Waals surface area contributed by atoms with Crippen LogP contribution in [0.2, 0.25) is 0 Å². The predicted molar refractivity (Wildman–Crippen MR) is 68.1 cm³/mol. The minimum absolute atomic E-state index is 0.291. The van der Waals surface area contributed by atoms with E-state index in [2.05, 4.69) is 25.8 Å². The summed E-state index contributed by atoms with van der Waals surface area (Å²) in [5.41, 5.74) is 2.29. The molecule has 2 nitrogen and oxygen atoms in total. The average Bonchev–Trinajstić information content (AvgIpc) is 2.14. The second-order valence-corrected chi connectivity index (χ2v) is 5.52. The number of nitrogens with zero attached hydrogens (tertiary/aromatic N) is 1. The van der Waals surface area contributed by atoms with Gasteiger partial charge in [0.15, 0.2) is 0 Å². The monoisotopic (exact) mass is 241 g/mol. The first kappa shape index (κ1) is 13.3. The summed E-state index contributed by atoms with van der Waals surface area (Å²) in [5.74, 6) is 1.18. The lowest BCUT2D eigenvalue weighted by molar-refractivity contribution is 0.236. The Hall–Kier alpha value is -0.760. The van der Waals surface area contributed by atoms with Crippen molar-refractivity contribution in [1.82, 2.24) is 4.98 Å². The smallest absolute Gasteiger partial charge is 0.213 e. The van der Waals surface area contributed by atoms with E-state index in [0.29, 0.717) is 23.8 Å². The number of pyridine rings is 1. The highest BCUT2D eigenvalue weighted by atomic mass is 35.5. The van der Waals surface area contributed by atoms with Crippen LogP contribution in [0.4, 0.5) is 0 Å². The first-order chi connectivity index (χ1) is 7.40. The third-order valence-corrected chi connectivity index (χ3v) is 2.55. The summed E-state index contributed by atoms with van der Waals surface area (Å²) < 4.78 is 5.64. The van der Waals surface area contributed by atoms with Crippen molar-refractivity contribution < 1.29 is 4.74 Å². The summed E-state index contributed by atoms with van der Waals surface area (Å²) in [6.45, 7) is 9.24. The quantitative estimate of drug-likeness (QED) is 0.745. The zero-order chi connectivity index (χ0) is 12.2. The summed E-state index contributed by atoms with van der Waals surface area (Å²) in [6, 6.07) is 3.88. The minimum atomic E-state index is 0.291. The number of ether oxygens (including phenoxy) is 1. The third kappa shape index (κ3) is 4.84. The molecule has 3 heteroatoms. The number of alkyl halides is 1. The fraction of sp³-hybridized carbons (Fsp3) is 0.615. The number of rotatable bonds is 4. The van der Waals surface area contributed by atoms with E-state index < -0.39 is 0 Å². The van der Waals surface area contributed by atoms with Crippen molar-refractivity contribution in [2.24, 2.45) is 5.41 Å². The number of halogens is 1. The van der Waals surface area contributed by atoms with Crippen LogP contribution in [0.1, 0.15) is 38.4 Å². The summed E-state index contributed by atoms with van der Waals surface area (Å²) in [5, 5.41) is 0. The van der Waals surface area contributed by atoms with Gasteiger partial charge in [0, 0.05) is 17.6 Å². The van der Waals surface area contributed by atoms with Crippen LogP contribution in [0.5, 0.6) is 5.88 Å². The molecule has 0 N–H and O–H groups in total. The molecule has 1 aromatic rings. The van der Waals surface area contributed by atoms with Crippen LogP contribution >= 0.6 is 11.6 Å². The van der Waals surface area contributed by atoms with Crippen molar-refractivity contribution in [3.63, 3.8) is 0 Å². The van der Waals surface area contributed by atoms with Crippen molar-refractivity contribution in [3.8, 4) is 5.88 Å². The Bertz CT molecular complexity index is 344. The molecule has 16 heavy (non-hydrogen) atoms. The van der Waals surface area contributed by atoms with Gasteiger partial charge in [0.1, 0.15) is 0 Å². The molecule has 1 heterocycles. The zero-order valence-corrected chi connectivity index (χ0v) is 11.3. The van der Waals surface area contributed by atoms with Gasteiger partial charge in [-0.2, -0.15) is 0 Å². The zero-order valence-electron chi connectivity index (χ0n) is 10.5. The summed E-state index contributed by atoms with van der Waals surface area (Å²) in [4.78, 5) is 4.32. The maximum atomic E-state index is 5.79. The second-order valence-electron chi connectivity index (χ2n) is 5.25. The van der Waals surface area contributed by atoms with Gasteiger partial charge in [-0.25, -0.2) is 4.98 Å². The molecule has 1 rings (SSSR count). The van der Waals surface area contributed by atoms with E-state index in [0.717, 1.165) is 17.7 Å². The van der Waals surface area contributed by atoms with E-state index in [1.54, 1.807) is 0 Å². The average molecular weight is 242 g/mol. The Morgan fingerprint density at radius 2 is 2.00 bits per heavy atom. The highest BCUT2D eigenvalue weighted by molar-refractivity contribution is 6.17. The van der Waals surface area contributed by atoms with Crippen LogP contribution in [0.3, 0.4) is 0 Å². The van der Waals surface area contributed by atoms with E-state index in [-0.39, 0.29) is 0 Å². The van der Waals surface area contributed by atoms with Gasteiger partial charge >= 0.3 is 0 Å². The van der Waals surface area contributed by atoms with Crippen LogP contribution in [-0.2, 0) is 5.88 Å². The van der Waals surface area contributed by atoms with Crippen molar-refractivity contribution in [2.75, 3.05) is 6.61 Å². The highest BCUT2D eigenvalue weighted by Gasteiger charge is 2.10. The molecule has 0 aromatic carbocycles. The van der Waals surface area contributed by atoms with Gasteiger partial charge in [-0.15, -0.1) is 11.6 Å². The number of aryl methyl sites for hydroxylation is 1. The molecular weight excluding hydrogens is 222 g/mol. The standard InChI is InChI=1S/C13H20ClNO/c1-10-7-11(9-14)8-12(15-10)16-6-5-13(2,3)4/h7-8H,5-6,9H2,1-4H3. The number of hydrogen-bond acceptors (Lipinski definition) is 2. The van der Waals surface area contributed by atoms with Crippen molar-refractivity contribution in [3.05, 3.63) is 23.4 Å². The molecule has 0 amide bonds. The van der Waals surface area contributed by atoms with Crippen LogP contribution in [0, 0.1) is 12.3 Å². The molecular formula is C13H20ClNO. The Labute approximate surface area is 103 Å². The first-order valence-corrected chi connectivity index (χ1v) is 6.10. The summed E-state index contributed by atoms with van der Waals surface area (Å²) in [6.07, 6.45) is 1.01. The highest BCUT2D eigenvalue weighted by Crippen LogP contribution is 2.20. The lowest BCUT2D eigenvalue weighted by Crippen LogP contribution is -2.11. The molecule has 0 atom stereocenters. The molecule has 0 aliphatic rings. The van der Waals surface area contributed by atoms with Crippen molar-refractivity contribution in [2.45, 2.75) is 40.0 Å². The molecule has 0 spiro atoms. The minimum Gasteiger partial charge on any atom is -0.478 e.